The minimum atomic E-state index is -0.485. The molecule has 2 aliphatic carbocycles. The van der Waals surface area contributed by atoms with Gasteiger partial charge in [-0.15, -0.1) is 0 Å². The first-order chi connectivity index (χ1) is 9.34. The van der Waals surface area contributed by atoms with E-state index in [1.54, 1.807) is 0 Å². The third kappa shape index (κ3) is 2.02. The summed E-state index contributed by atoms with van der Waals surface area (Å²) in [6.07, 6.45) is 5.60. The summed E-state index contributed by atoms with van der Waals surface area (Å²) < 4.78 is 0. The van der Waals surface area contributed by atoms with Crippen molar-refractivity contribution in [1.82, 2.24) is 0 Å². The van der Waals surface area contributed by atoms with E-state index in [-0.39, 0.29) is 5.41 Å². The van der Waals surface area contributed by atoms with Crippen LogP contribution in [0.4, 0.5) is 0 Å². The van der Waals surface area contributed by atoms with Gasteiger partial charge in [-0.2, -0.15) is 0 Å². The highest BCUT2D eigenvalue weighted by Gasteiger charge is 2.50. The summed E-state index contributed by atoms with van der Waals surface area (Å²) in [5, 5.41) is 10.8. The van der Waals surface area contributed by atoms with Crippen molar-refractivity contribution < 1.29 is 5.11 Å². The Morgan fingerprint density at radius 1 is 1.20 bits per heavy atom. The molecule has 0 spiro atoms. The maximum absolute atomic E-state index is 10.8. The number of hydrogen-bond acceptors (Lipinski definition) is 1. The fourth-order valence-corrected chi connectivity index (χ4v) is 4.84. The van der Waals surface area contributed by atoms with Crippen molar-refractivity contribution in [2.75, 3.05) is 0 Å². The van der Waals surface area contributed by atoms with Crippen LogP contribution in [0, 0.1) is 5.92 Å². The molecule has 1 N–H and O–H groups in total. The van der Waals surface area contributed by atoms with Crippen LogP contribution in [0.2, 0.25) is 0 Å². The van der Waals surface area contributed by atoms with E-state index in [0.29, 0.717) is 11.8 Å². The zero-order valence-electron chi connectivity index (χ0n) is 13.4. The van der Waals surface area contributed by atoms with Crippen molar-refractivity contribution in [2.45, 2.75) is 76.7 Å². The van der Waals surface area contributed by atoms with Crippen LogP contribution in [0.5, 0.6) is 0 Å². The minimum Gasteiger partial charge on any atom is -0.390 e. The molecule has 3 rings (SSSR count). The Hall–Kier alpha value is -0.820. The summed E-state index contributed by atoms with van der Waals surface area (Å²) >= 11 is 0. The summed E-state index contributed by atoms with van der Waals surface area (Å²) in [5.74, 6) is 1.02. The fourth-order valence-electron chi connectivity index (χ4n) is 4.84. The number of hydrogen-bond donors (Lipinski definition) is 1. The molecular formula is C19H28O. The molecular weight excluding hydrogens is 244 g/mol. The Balaban J connectivity index is 2.06. The SMILES string of the molecule is CC(C)c1ccc2c(c1)CC[C@H]1[C@@]2(C)CCC[C@@]1(C)O. The van der Waals surface area contributed by atoms with E-state index in [2.05, 4.69) is 45.9 Å². The molecule has 0 aromatic heterocycles. The maximum Gasteiger partial charge on any atom is 0.0656 e. The van der Waals surface area contributed by atoms with Crippen molar-refractivity contribution in [3.63, 3.8) is 0 Å². The lowest BCUT2D eigenvalue weighted by Gasteiger charge is -2.53. The topological polar surface area (TPSA) is 20.2 Å². The molecule has 2 aliphatic rings. The van der Waals surface area contributed by atoms with Gasteiger partial charge in [0.25, 0.3) is 0 Å². The second kappa shape index (κ2) is 4.59. The summed E-state index contributed by atoms with van der Waals surface area (Å²) in [4.78, 5) is 0. The Morgan fingerprint density at radius 2 is 1.95 bits per heavy atom. The van der Waals surface area contributed by atoms with Gasteiger partial charge >= 0.3 is 0 Å². The van der Waals surface area contributed by atoms with Gasteiger partial charge in [-0.3, -0.25) is 0 Å². The van der Waals surface area contributed by atoms with E-state index in [0.717, 1.165) is 25.7 Å². The fraction of sp³-hybridized carbons (Fsp3) is 0.684. The predicted octanol–water partition coefficient (Wildman–Crippen LogP) is 4.57. The van der Waals surface area contributed by atoms with E-state index in [1.165, 1.54) is 23.1 Å². The first kappa shape index (κ1) is 14.1. The second-order valence-electron chi connectivity index (χ2n) is 7.79. The average molecular weight is 272 g/mol. The lowest BCUT2D eigenvalue weighted by atomic mass is 9.53. The van der Waals surface area contributed by atoms with E-state index < -0.39 is 5.60 Å². The molecule has 0 amide bonds. The van der Waals surface area contributed by atoms with Crippen molar-refractivity contribution >= 4 is 0 Å². The predicted molar refractivity (Wildman–Crippen MR) is 84.2 cm³/mol. The molecule has 0 heterocycles. The molecule has 0 radical (unpaired) electrons. The standard InChI is InChI=1S/C19H28O/c1-13(2)14-6-8-16-15(12-14)7-9-17-18(16,3)10-5-11-19(17,4)20/h6,8,12-13,17,20H,5,7,9-11H2,1-4H3/t17-,18-,19+/m0/s1. The van der Waals surface area contributed by atoms with Gasteiger partial charge in [-0.05, 0) is 73.0 Å². The van der Waals surface area contributed by atoms with Crippen LogP contribution in [0.1, 0.15) is 76.0 Å². The Morgan fingerprint density at radius 3 is 2.65 bits per heavy atom. The van der Waals surface area contributed by atoms with Gasteiger partial charge in [0.2, 0.25) is 0 Å². The summed E-state index contributed by atoms with van der Waals surface area (Å²) in [6, 6.07) is 7.09. The van der Waals surface area contributed by atoms with Gasteiger partial charge in [-0.25, -0.2) is 0 Å². The van der Waals surface area contributed by atoms with Crippen LogP contribution < -0.4 is 0 Å². The second-order valence-corrected chi connectivity index (χ2v) is 7.79. The highest BCUT2D eigenvalue weighted by molar-refractivity contribution is 5.42. The van der Waals surface area contributed by atoms with Gasteiger partial charge < -0.3 is 5.11 Å². The minimum absolute atomic E-state index is 0.171. The molecule has 0 unspecified atom stereocenters. The number of rotatable bonds is 1. The lowest BCUT2D eigenvalue weighted by molar-refractivity contribution is -0.0748. The van der Waals surface area contributed by atoms with E-state index >= 15 is 0 Å². The summed E-state index contributed by atoms with van der Waals surface area (Å²) in [5.41, 5.74) is 4.19. The number of benzene rings is 1. The van der Waals surface area contributed by atoms with Crippen molar-refractivity contribution in [3.05, 3.63) is 34.9 Å². The number of aliphatic hydroxyl groups is 1. The average Bonchev–Trinajstić information content (AvgIpc) is 2.37. The largest absolute Gasteiger partial charge is 0.390 e. The van der Waals surface area contributed by atoms with Crippen LogP contribution in [0.25, 0.3) is 0 Å². The molecule has 3 atom stereocenters. The van der Waals surface area contributed by atoms with Crippen molar-refractivity contribution in [3.8, 4) is 0 Å². The molecule has 1 fully saturated rings. The normalized spacial score (nSPS) is 36.6. The van der Waals surface area contributed by atoms with Gasteiger partial charge in [-0.1, -0.05) is 39.0 Å². The van der Waals surface area contributed by atoms with E-state index in [4.69, 9.17) is 0 Å². The van der Waals surface area contributed by atoms with Crippen LogP contribution in [0.3, 0.4) is 0 Å². The van der Waals surface area contributed by atoms with E-state index in [1.807, 2.05) is 0 Å². The first-order valence-corrected chi connectivity index (χ1v) is 8.20. The Kier molecular flexibility index (Phi) is 3.25. The van der Waals surface area contributed by atoms with Crippen molar-refractivity contribution in [2.24, 2.45) is 5.92 Å². The summed E-state index contributed by atoms with van der Waals surface area (Å²) in [6.45, 7) is 8.97. The molecule has 0 saturated heterocycles. The number of fused-ring (bicyclic) bond motifs is 3. The van der Waals surface area contributed by atoms with E-state index in [9.17, 15) is 5.11 Å². The Labute approximate surface area is 123 Å². The Bertz CT molecular complexity index is 514. The molecule has 20 heavy (non-hydrogen) atoms. The molecule has 1 nitrogen and oxygen atoms in total. The smallest absolute Gasteiger partial charge is 0.0656 e. The van der Waals surface area contributed by atoms with Gasteiger partial charge in [0, 0.05) is 0 Å². The van der Waals surface area contributed by atoms with Crippen LogP contribution in [0.15, 0.2) is 18.2 Å². The quantitative estimate of drug-likeness (QED) is 0.794. The van der Waals surface area contributed by atoms with Crippen molar-refractivity contribution in [1.29, 1.82) is 0 Å². The zero-order chi connectivity index (χ0) is 14.5. The zero-order valence-corrected chi connectivity index (χ0v) is 13.4. The highest BCUT2D eigenvalue weighted by atomic mass is 16.3. The first-order valence-electron chi connectivity index (χ1n) is 8.20. The van der Waals surface area contributed by atoms with Crippen LogP contribution >= 0.6 is 0 Å². The molecule has 1 saturated carbocycles. The molecule has 1 aromatic carbocycles. The number of aryl methyl sites for hydroxylation is 1. The maximum atomic E-state index is 10.8. The highest BCUT2D eigenvalue weighted by Crippen LogP contribution is 2.53. The monoisotopic (exact) mass is 272 g/mol. The van der Waals surface area contributed by atoms with Gasteiger partial charge in [0.1, 0.15) is 0 Å². The van der Waals surface area contributed by atoms with Gasteiger partial charge in [0.05, 0.1) is 5.60 Å². The van der Waals surface area contributed by atoms with Gasteiger partial charge in [0.15, 0.2) is 0 Å². The third-order valence-corrected chi connectivity index (χ3v) is 6.01. The molecule has 0 aliphatic heterocycles. The summed E-state index contributed by atoms with van der Waals surface area (Å²) in [7, 11) is 0. The molecule has 1 aromatic rings. The van der Waals surface area contributed by atoms with Crippen LogP contribution in [-0.2, 0) is 11.8 Å². The van der Waals surface area contributed by atoms with Crippen LogP contribution in [-0.4, -0.2) is 10.7 Å². The third-order valence-electron chi connectivity index (χ3n) is 6.01. The molecule has 0 bridgehead atoms. The molecule has 110 valence electrons. The molecule has 1 heteroatoms. The lowest BCUT2D eigenvalue weighted by Crippen LogP contribution is -2.52.